The average Bonchev–Trinajstić information content (AvgIpc) is 2.81. The first kappa shape index (κ1) is 16.5. The van der Waals surface area contributed by atoms with Crippen LogP contribution >= 0.6 is 11.3 Å². The van der Waals surface area contributed by atoms with Gasteiger partial charge in [0.1, 0.15) is 0 Å². The number of hydrogen-bond donors (Lipinski definition) is 0. The van der Waals surface area contributed by atoms with Gasteiger partial charge in [0, 0.05) is 24.5 Å². The van der Waals surface area contributed by atoms with E-state index in [4.69, 9.17) is 4.74 Å². The second kappa shape index (κ2) is 6.90. The van der Waals surface area contributed by atoms with Gasteiger partial charge in [0.05, 0.1) is 18.2 Å². The lowest BCUT2D eigenvalue weighted by Gasteiger charge is -2.38. The summed E-state index contributed by atoms with van der Waals surface area (Å²) in [6, 6.07) is 2.02. The number of amides is 1. The molecule has 0 radical (unpaired) electrons. The minimum Gasteiger partial charge on any atom is -0.372 e. The Bertz CT molecular complexity index is 478. The number of carbonyl (C=O) groups is 1. The first-order chi connectivity index (χ1) is 9.88. The molecular weight excluding hydrogens is 284 g/mol. The van der Waals surface area contributed by atoms with Crippen LogP contribution in [0.1, 0.15) is 31.2 Å². The molecule has 1 aliphatic rings. The summed E-state index contributed by atoms with van der Waals surface area (Å²) in [7, 11) is 2.02. The molecule has 1 aliphatic heterocycles. The van der Waals surface area contributed by atoms with Gasteiger partial charge in [-0.15, -0.1) is 11.3 Å². The van der Waals surface area contributed by atoms with Crippen molar-refractivity contribution in [1.29, 1.82) is 0 Å². The van der Waals surface area contributed by atoms with Gasteiger partial charge >= 0.3 is 0 Å². The maximum atomic E-state index is 12.7. The summed E-state index contributed by atoms with van der Waals surface area (Å²) in [5.41, 5.74) is 1.31. The zero-order valence-electron chi connectivity index (χ0n) is 13.6. The van der Waals surface area contributed by atoms with Gasteiger partial charge in [-0.2, -0.15) is 0 Å². The highest BCUT2D eigenvalue weighted by atomic mass is 32.1. The maximum absolute atomic E-state index is 12.7. The van der Waals surface area contributed by atoms with Crippen molar-refractivity contribution >= 4 is 17.2 Å². The summed E-state index contributed by atoms with van der Waals surface area (Å²) >= 11 is 1.76. The Morgan fingerprint density at radius 3 is 2.62 bits per heavy atom. The summed E-state index contributed by atoms with van der Waals surface area (Å²) in [5, 5.41) is 2.11. The third-order valence-corrected chi connectivity index (χ3v) is 5.12. The normalized spacial score (nSPS) is 24.4. The number of ether oxygens (including phenoxy) is 1. The third kappa shape index (κ3) is 4.05. The van der Waals surface area contributed by atoms with E-state index in [1.165, 1.54) is 10.4 Å². The van der Waals surface area contributed by atoms with Gasteiger partial charge in [-0.3, -0.25) is 9.69 Å². The summed E-state index contributed by atoms with van der Waals surface area (Å²) in [5.74, 6) is 0.203. The monoisotopic (exact) mass is 310 g/mol. The first-order valence-corrected chi connectivity index (χ1v) is 8.44. The van der Waals surface area contributed by atoms with Gasteiger partial charge in [-0.1, -0.05) is 0 Å². The van der Waals surface area contributed by atoms with Crippen molar-refractivity contribution in [3.8, 4) is 0 Å². The highest BCUT2D eigenvalue weighted by Crippen LogP contribution is 2.19. The Kier molecular flexibility index (Phi) is 5.41. The van der Waals surface area contributed by atoms with Gasteiger partial charge in [-0.25, -0.2) is 0 Å². The molecule has 3 unspecified atom stereocenters. The smallest absolute Gasteiger partial charge is 0.239 e. The highest BCUT2D eigenvalue weighted by molar-refractivity contribution is 7.10. The molecule has 0 bridgehead atoms. The quantitative estimate of drug-likeness (QED) is 0.856. The molecule has 1 fully saturated rings. The Labute approximate surface area is 131 Å². The molecular formula is C16H26N2O2S. The summed E-state index contributed by atoms with van der Waals surface area (Å²) in [4.78, 5) is 18.1. The molecule has 1 amide bonds. The summed E-state index contributed by atoms with van der Waals surface area (Å²) < 4.78 is 5.70. The van der Waals surface area contributed by atoms with Crippen molar-refractivity contribution < 1.29 is 9.53 Å². The zero-order valence-corrected chi connectivity index (χ0v) is 14.4. The van der Waals surface area contributed by atoms with E-state index in [0.29, 0.717) is 13.1 Å². The highest BCUT2D eigenvalue weighted by Gasteiger charge is 2.30. The van der Waals surface area contributed by atoms with E-state index >= 15 is 0 Å². The average molecular weight is 310 g/mol. The lowest BCUT2D eigenvalue weighted by molar-refractivity contribution is -0.147. The Morgan fingerprint density at radius 1 is 1.48 bits per heavy atom. The summed E-state index contributed by atoms with van der Waals surface area (Å²) in [6.07, 6.45) is 0.240. The van der Waals surface area contributed by atoms with Crippen LogP contribution in [0.3, 0.4) is 0 Å². The molecule has 0 aromatic carbocycles. The first-order valence-electron chi connectivity index (χ1n) is 7.56. The molecule has 1 aromatic heterocycles. The molecule has 3 atom stereocenters. The molecule has 1 aromatic rings. The minimum atomic E-state index is -0.107. The number of carbonyl (C=O) groups excluding carboxylic acids is 1. The number of aryl methyl sites for hydroxylation is 1. The minimum absolute atomic E-state index is 0.107. The molecule has 1 saturated heterocycles. The number of likely N-dealkylation sites (N-methyl/N-ethyl adjacent to an activating group) is 1. The maximum Gasteiger partial charge on any atom is 0.239 e. The molecule has 5 heteroatoms. The zero-order chi connectivity index (χ0) is 15.6. The van der Waals surface area contributed by atoms with Crippen LogP contribution in [-0.4, -0.2) is 54.1 Å². The fraction of sp³-hybridized carbons (Fsp3) is 0.688. The predicted molar refractivity (Wildman–Crippen MR) is 86.6 cm³/mol. The topological polar surface area (TPSA) is 32.8 Å². The molecule has 0 N–H and O–H groups in total. The number of nitrogens with zero attached hydrogens (tertiary/aromatic N) is 2. The molecule has 21 heavy (non-hydrogen) atoms. The Hall–Kier alpha value is -0.910. The van der Waals surface area contributed by atoms with Crippen LogP contribution in [0.15, 0.2) is 11.4 Å². The summed E-state index contributed by atoms with van der Waals surface area (Å²) in [6.45, 7) is 10.4. The van der Waals surface area contributed by atoms with Crippen molar-refractivity contribution in [3.63, 3.8) is 0 Å². The van der Waals surface area contributed by atoms with Crippen molar-refractivity contribution in [2.75, 3.05) is 20.1 Å². The van der Waals surface area contributed by atoms with Crippen LogP contribution in [0.2, 0.25) is 0 Å². The van der Waals surface area contributed by atoms with E-state index in [1.54, 1.807) is 11.3 Å². The lowest BCUT2D eigenvalue weighted by Crippen LogP contribution is -2.53. The van der Waals surface area contributed by atoms with Crippen molar-refractivity contribution in [1.82, 2.24) is 9.80 Å². The van der Waals surface area contributed by atoms with E-state index in [0.717, 1.165) is 6.54 Å². The lowest BCUT2D eigenvalue weighted by atomic mass is 10.1. The van der Waals surface area contributed by atoms with Crippen LogP contribution < -0.4 is 0 Å². The van der Waals surface area contributed by atoms with Crippen molar-refractivity contribution in [2.45, 2.75) is 52.5 Å². The van der Waals surface area contributed by atoms with Crippen LogP contribution in [0.25, 0.3) is 0 Å². The fourth-order valence-corrected chi connectivity index (χ4v) is 3.71. The molecule has 0 spiro atoms. The SMILES string of the molecule is Cc1ccsc1CN(C)C(C)C(=O)N1CC(C)OC(C)C1. The van der Waals surface area contributed by atoms with Gasteiger partial charge in [0.15, 0.2) is 0 Å². The number of morpholine rings is 1. The molecule has 2 heterocycles. The van der Waals surface area contributed by atoms with Crippen molar-refractivity contribution in [3.05, 3.63) is 21.9 Å². The van der Waals surface area contributed by atoms with Crippen LogP contribution in [0.5, 0.6) is 0 Å². The van der Waals surface area contributed by atoms with Gasteiger partial charge in [-0.05, 0) is 51.8 Å². The van der Waals surface area contributed by atoms with E-state index in [2.05, 4.69) is 23.3 Å². The second-order valence-corrected chi connectivity index (χ2v) is 7.12. The van der Waals surface area contributed by atoms with E-state index in [9.17, 15) is 4.79 Å². The Balaban J connectivity index is 1.96. The molecule has 4 nitrogen and oxygen atoms in total. The molecule has 0 aliphatic carbocycles. The number of hydrogen-bond acceptors (Lipinski definition) is 4. The van der Waals surface area contributed by atoms with Gasteiger partial charge < -0.3 is 9.64 Å². The van der Waals surface area contributed by atoms with Gasteiger partial charge in [0.25, 0.3) is 0 Å². The number of thiophene rings is 1. The number of rotatable bonds is 4. The van der Waals surface area contributed by atoms with Crippen LogP contribution in [-0.2, 0) is 16.1 Å². The van der Waals surface area contributed by atoms with E-state index < -0.39 is 0 Å². The largest absolute Gasteiger partial charge is 0.372 e. The Morgan fingerprint density at radius 2 is 2.10 bits per heavy atom. The molecule has 0 saturated carbocycles. The molecule has 118 valence electrons. The fourth-order valence-electron chi connectivity index (χ4n) is 2.74. The van der Waals surface area contributed by atoms with Gasteiger partial charge in [0.2, 0.25) is 5.91 Å². The van der Waals surface area contributed by atoms with Crippen LogP contribution in [0, 0.1) is 6.92 Å². The van der Waals surface area contributed by atoms with E-state index in [1.807, 2.05) is 32.7 Å². The second-order valence-electron chi connectivity index (χ2n) is 6.12. The predicted octanol–water partition coefficient (Wildman–Crippen LogP) is 2.51. The van der Waals surface area contributed by atoms with Crippen molar-refractivity contribution in [2.24, 2.45) is 0 Å². The standard InChI is InChI=1S/C16H26N2O2S/c1-11-6-7-21-15(11)10-17(5)14(4)16(19)18-8-12(2)20-13(3)9-18/h6-7,12-14H,8-10H2,1-5H3. The molecule has 2 rings (SSSR count). The van der Waals surface area contributed by atoms with Crippen LogP contribution in [0.4, 0.5) is 0 Å². The van der Waals surface area contributed by atoms with E-state index in [-0.39, 0.29) is 24.2 Å². The third-order valence-electron chi connectivity index (χ3n) is 4.11.